The summed E-state index contributed by atoms with van der Waals surface area (Å²) in [7, 11) is 0. The zero-order valence-electron chi connectivity index (χ0n) is 16.9. The van der Waals surface area contributed by atoms with Crippen LogP contribution in [0.5, 0.6) is 0 Å². The minimum Gasteiger partial charge on any atom is -0.350 e. The minimum absolute atomic E-state index is 0.000666. The summed E-state index contributed by atoms with van der Waals surface area (Å²) in [5, 5.41) is 13.9. The molecule has 0 fully saturated rings. The van der Waals surface area contributed by atoms with Crippen molar-refractivity contribution >= 4 is 17.8 Å². The van der Waals surface area contributed by atoms with Crippen LogP contribution < -0.4 is 10.6 Å². The number of amides is 2. The Balaban J connectivity index is 1.35. The van der Waals surface area contributed by atoms with E-state index in [0.717, 1.165) is 11.3 Å². The highest BCUT2D eigenvalue weighted by atomic mass is 16.2. The molecule has 2 heterocycles. The highest BCUT2D eigenvalue weighted by Crippen LogP contribution is 2.15. The summed E-state index contributed by atoms with van der Waals surface area (Å²) in [6.45, 7) is 2.25. The lowest BCUT2D eigenvalue weighted by molar-refractivity contribution is -0.122. The van der Waals surface area contributed by atoms with E-state index in [1.54, 1.807) is 4.68 Å². The lowest BCUT2D eigenvalue weighted by Crippen LogP contribution is -2.27. The molecule has 0 unspecified atom stereocenters. The monoisotopic (exact) mass is 415 g/mol. The number of nitrogens with zero attached hydrogens (tertiary/aromatic N) is 5. The SMILES string of the molecule is Cc1c(C(=O)Nc2ncn(CC(=O)NCc3ccccc3)n2)cnn1-c1ccccc1. The maximum absolute atomic E-state index is 12.6. The molecule has 0 bridgehead atoms. The zero-order valence-corrected chi connectivity index (χ0v) is 16.9. The largest absolute Gasteiger partial charge is 0.350 e. The molecular formula is C22H21N7O2. The van der Waals surface area contributed by atoms with Gasteiger partial charge < -0.3 is 5.32 Å². The van der Waals surface area contributed by atoms with Gasteiger partial charge in [0.25, 0.3) is 5.91 Å². The average Bonchev–Trinajstić information content (AvgIpc) is 3.39. The van der Waals surface area contributed by atoms with Crippen molar-refractivity contribution in [2.75, 3.05) is 5.32 Å². The summed E-state index contributed by atoms with van der Waals surface area (Å²) in [5.74, 6) is -0.453. The molecule has 31 heavy (non-hydrogen) atoms. The molecule has 0 aliphatic rings. The number of anilines is 1. The Labute approximate surface area is 178 Å². The Morgan fingerprint density at radius 1 is 1.00 bits per heavy atom. The van der Waals surface area contributed by atoms with Crippen LogP contribution in [0.1, 0.15) is 21.6 Å². The third-order valence-corrected chi connectivity index (χ3v) is 4.66. The maximum Gasteiger partial charge on any atom is 0.261 e. The highest BCUT2D eigenvalue weighted by molar-refractivity contribution is 6.04. The van der Waals surface area contributed by atoms with Crippen LogP contribution >= 0.6 is 0 Å². The molecule has 0 saturated heterocycles. The predicted octanol–water partition coefficient (Wildman–Crippen LogP) is 2.34. The van der Waals surface area contributed by atoms with Gasteiger partial charge in [-0.1, -0.05) is 48.5 Å². The lowest BCUT2D eigenvalue weighted by atomic mass is 10.2. The molecule has 9 nitrogen and oxygen atoms in total. The van der Waals surface area contributed by atoms with Crippen molar-refractivity contribution in [3.63, 3.8) is 0 Å². The number of carbonyl (C=O) groups is 2. The molecule has 0 radical (unpaired) electrons. The average molecular weight is 415 g/mol. The van der Waals surface area contributed by atoms with E-state index in [4.69, 9.17) is 0 Å². The Morgan fingerprint density at radius 3 is 2.45 bits per heavy atom. The number of carbonyl (C=O) groups excluding carboxylic acids is 2. The van der Waals surface area contributed by atoms with E-state index in [1.807, 2.05) is 67.6 Å². The minimum atomic E-state index is -0.369. The van der Waals surface area contributed by atoms with Crippen molar-refractivity contribution in [3.8, 4) is 5.69 Å². The second-order valence-corrected chi connectivity index (χ2v) is 6.87. The molecule has 0 aliphatic heterocycles. The molecule has 156 valence electrons. The maximum atomic E-state index is 12.6. The van der Waals surface area contributed by atoms with Gasteiger partial charge in [0.2, 0.25) is 11.9 Å². The van der Waals surface area contributed by atoms with Gasteiger partial charge in [0.1, 0.15) is 12.9 Å². The predicted molar refractivity (Wildman–Crippen MR) is 115 cm³/mol. The van der Waals surface area contributed by atoms with Crippen LogP contribution in [0.25, 0.3) is 5.69 Å². The lowest BCUT2D eigenvalue weighted by Gasteiger charge is -2.05. The first-order valence-electron chi connectivity index (χ1n) is 9.71. The third-order valence-electron chi connectivity index (χ3n) is 4.66. The number of aromatic nitrogens is 5. The fourth-order valence-corrected chi connectivity index (χ4v) is 3.06. The Bertz CT molecular complexity index is 1180. The van der Waals surface area contributed by atoms with Gasteiger partial charge in [0.05, 0.1) is 23.1 Å². The molecule has 2 N–H and O–H groups in total. The first kappa shape index (κ1) is 20.0. The summed E-state index contributed by atoms with van der Waals surface area (Å²) in [5.41, 5.74) is 2.99. The Hall–Kier alpha value is -4.27. The van der Waals surface area contributed by atoms with Gasteiger partial charge in [-0.25, -0.2) is 14.3 Å². The molecule has 2 aromatic carbocycles. The first-order valence-corrected chi connectivity index (χ1v) is 9.71. The number of para-hydroxylation sites is 1. The summed E-state index contributed by atoms with van der Waals surface area (Å²) in [6, 6.07) is 19.2. The van der Waals surface area contributed by atoms with E-state index < -0.39 is 0 Å². The van der Waals surface area contributed by atoms with Crippen LogP contribution in [-0.4, -0.2) is 36.4 Å². The van der Waals surface area contributed by atoms with E-state index in [9.17, 15) is 9.59 Å². The molecule has 2 aromatic heterocycles. The normalized spacial score (nSPS) is 10.6. The van der Waals surface area contributed by atoms with Gasteiger partial charge >= 0.3 is 0 Å². The smallest absolute Gasteiger partial charge is 0.261 e. The fraction of sp³-hybridized carbons (Fsp3) is 0.136. The standard InChI is InChI=1S/C22H21N7O2/c1-16-19(13-25-29(16)18-10-6-3-7-11-18)21(31)26-22-24-15-28(27-22)14-20(30)23-12-17-8-4-2-5-9-17/h2-11,13,15H,12,14H2,1H3,(H,23,30)(H,26,27,31). The molecule has 4 rings (SSSR count). The topological polar surface area (TPSA) is 107 Å². The summed E-state index contributed by atoms with van der Waals surface area (Å²) in [6.07, 6.45) is 2.91. The van der Waals surface area contributed by atoms with Crippen LogP contribution in [0.15, 0.2) is 73.2 Å². The van der Waals surface area contributed by atoms with Crippen molar-refractivity contribution in [1.82, 2.24) is 29.9 Å². The first-order chi connectivity index (χ1) is 15.1. The van der Waals surface area contributed by atoms with Crippen LogP contribution in [-0.2, 0) is 17.9 Å². The summed E-state index contributed by atoms with van der Waals surface area (Å²) >= 11 is 0. The third kappa shape index (κ3) is 4.84. The molecular weight excluding hydrogens is 394 g/mol. The van der Waals surface area contributed by atoms with Crippen molar-refractivity contribution in [2.24, 2.45) is 0 Å². The van der Waals surface area contributed by atoms with Gasteiger partial charge in [-0.3, -0.25) is 14.9 Å². The van der Waals surface area contributed by atoms with E-state index in [2.05, 4.69) is 25.8 Å². The van der Waals surface area contributed by atoms with Gasteiger partial charge in [0.15, 0.2) is 0 Å². The van der Waals surface area contributed by atoms with E-state index in [1.165, 1.54) is 17.2 Å². The van der Waals surface area contributed by atoms with Crippen molar-refractivity contribution in [3.05, 3.63) is 90.0 Å². The number of hydrogen-bond acceptors (Lipinski definition) is 5. The molecule has 0 saturated carbocycles. The van der Waals surface area contributed by atoms with Crippen LogP contribution in [0, 0.1) is 6.92 Å². The molecule has 9 heteroatoms. The number of benzene rings is 2. The number of hydrogen-bond donors (Lipinski definition) is 2. The summed E-state index contributed by atoms with van der Waals surface area (Å²) in [4.78, 5) is 28.8. The van der Waals surface area contributed by atoms with Crippen LogP contribution in [0.2, 0.25) is 0 Å². The zero-order chi connectivity index (χ0) is 21.6. The van der Waals surface area contributed by atoms with Crippen molar-refractivity contribution < 1.29 is 9.59 Å². The van der Waals surface area contributed by atoms with Gasteiger partial charge in [0, 0.05) is 6.54 Å². The molecule has 0 aliphatic carbocycles. The van der Waals surface area contributed by atoms with Crippen LogP contribution in [0.3, 0.4) is 0 Å². The second kappa shape index (κ2) is 9.04. The Morgan fingerprint density at radius 2 is 1.71 bits per heavy atom. The Kier molecular flexibility index (Phi) is 5.84. The molecule has 0 atom stereocenters. The molecule has 0 spiro atoms. The van der Waals surface area contributed by atoms with Gasteiger partial charge in [-0.2, -0.15) is 5.10 Å². The van der Waals surface area contributed by atoms with Crippen molar-refractivity contribution in [1.29, 1.82) is 0 Å². The fourth-order valence-electron chi connectivity index (χ4n) is 3.06. The quantitative estimate of drug-likeness (QED) is 0.482. The van der Waals surface area contributed by atoms with E-state index in [0.29, 0.717) is 17.8 Å². The van der Waals surface area contributed by atoms with E-state index in [-0.39, 0.29) is 24.3 Å². The summed E-state index contributed by atoms with van der Waals surface area (Å²) < 4.78 is 3.06. The molecule has 4 aromatic rings. The van der Waals surface area contributed by atoms with Gasteiger partial charge in [-0.15, -0.1) is 5.10 Å². The van der Waals surface area contributed by atoms with Crippen molar-refractivity contribution in [2.45, 2.75) is 20.0 Å². The second-order valence-electron chi connectivity index (χ2n) is 6.87. The highest BCUT2D eigenvalue weighted by Gasteiger charge is 2.17. The number of nitrogens with one attached hydrogen (secondary N) is 2. The number of rotatable bonds is 7. The van der Waals surface area contributed by atoms with Crippen LogP contribution in [0.4, 0.5) is 5.95 Å². The van der Waals surface area contributed by atoms with Gasteiger partial charge in [-0.05, 0) is 24.6 Å². The molecule has 2 amide bonds. The van der Waals surface area contributed by atoms with E-state index >= 15 is 0 Å².